The smallest absolute Gasteiger partial charge is 0.237 e. The summed E-state index contributed by atoms with van der Waals surface area (Å²) < 4.78 is 0. The van der Waals surface area contributed by atoms with Crippen molar-refractivity contribution in [2.75, 3.05) is 0 Å². The SMILES string of the molecule is CCC[C@@H](N)C(=O)N[C@H]1CCCC[C@@H]1C. The van der Waals surface area contributed by atoms with Crippen molar-refractivity contribution in [1.29, 1.82) is 0 Å². The molecule has 0 radical (unpaired) electrons. The monoisotopic (exact) mass is 212 g/mol. The predicted octanol–water partition coefficient (Wildman–Crippen LogP) is 1.81. The topological polar surface area (TPSA) is 55.1 Å². The van der Waals surface area contributed by atoms with Crippen molar-refractivity contribution in [3.05, 3.63) is 0 Å². The quantitative estimate of drug-likeness (QED) is 0.746. The van der Waals surface area contributed by atoms with E-state index < -0.39 is 0 Å². The van der Waals surface area contributed by atoms with Crippen LogP contribution in [0.1, 0.15) is 52.4 Å². The molecule has 0 aromatic heterocycles. The van der Waals surface area contributed by atoms with Gasteiger partial charge in [0.25, 0.3) is 0 Å². The van der Waals surface area contributed by atoms with Gasteiger partial charge in [-0.1, -0.05) is 33.1 Å². The molecule has 1 aliphatic rings. The normalized spacial score (nSPS) is 28.5. The first kappa shape index (κ1) is 12.5. The molecular weight excluding hydrogens is 188 g/mol. The summed E-state index contributed by atoms with van der Waals surface area (Å²) in [5.41, 5.74) is 5.78. The molecule has 3 nitrogen and oxygen atoms in total. The molecule has 0 heterocycles. The van der Waals surface area contributed by atoms with Crippen LogP contribution in [-0.4, -0.2) is 18.0 Å². The van der Waals surface area contributed by atoms with Gasteiger partial charge < -0.3 is 11.1 Å². The molecule has 0 aromatic carbocycles. The summed E-state index contributed by atoms with van der Waals surface area (Å²) in [4.78, 5) is 11.7. The molecule has 0 unspecified atom stereocenters. The Labute approximate surface area is 92.8 Å². The maximum Gasteiger partial charge on any atom is 0.237 e. The van der Waals surface area contributed by atoms with E-state index in [9.17, 15) is 4.79 Å². The molecule has 1 saturated carbocycles. The first-order valence-electron chi connectivity index (χ1n) is 6.21. The van der Waals surface area contributed by atoms with Crippen LogP contribution in [0.2, 0.25) is 0 Å². The largest absolute Gasteiger partial charge is 0.352 e. The van der Waals surface area contributed by atoms with E-state index in [1.807, 2.05) is 0 Å². The molecule has 3 heteroatoms. The Hall–Kier alpha value is -0.570. The highest BCUT2D eigenvalue weighted by Gasteiger charge is 2.24. The van der Waals surface area contributed by atoms with E-state index in [1.165, 1.54) is 19.3 Å². The van der Waals surface area contributed by atoms with Crippen molar-refractivity contribution in [2.45, 2.75) is 64.5 Å². The van der Waals surface area contributed by atoms with Gasteiger partial charge in [-0.05, 0) is 25.2 Å². The molecule has 0 spiro atoms. The molecule has 3 atom stereocenters. The Morgan fingerprint density at radius 3 is 2.73 bits per heavy atom. The van der Waals surface area contributed by atoms with Crippen molar-refractivity contribution >= 4 is 5.91 Å². The van der Waals surface area contributed by atoms with Gasteiger partial charge >= 0.3 is 0 Å². The molecule has 0 saturated heterocycles. The molecule has 1 amide bonds. The first-order chi connectivity index (χ1) is 7.15. The van der Waals surface area contributed by atoms with Crippen molar-refractivity contribution in [1.82, 2.24) is 5.32 Å². The fourth-order valence-electron chi connectivity index (χ4n) is 2.26. The predicted molar refractivity (Wildman–Crippen MR) is 62.4 cm³/mol. The second-order valence-corrected chi connectivity index (χ2v) is 4.77. The van der Waals surface area contributed by atoms with Crippen LogP contribution < -0.4 is 11.1 Å². The second kappa shape index (κ2) is 6.11. The number of hydrogen-bond acceptors (Lipinski definition) is 2. The minimum Gasteiger partial charge on any atom is -0.352 e. The van der Waals surface area contributed by atoms with Crippen molar-refractivity contribution < 1.29 is 4.79 Å². The lowest BCUT2D eigenvalue weighted by Crippen LogP contribution is -2.48. The van der Waals surface area contributed by atoms with Gasteiger partial charge in [-0.25, -0.2) is 0 Å². The lowest BCUT2D eigenvalue weighted by Gasteiger charge is -2.30. The Morgan fingerprint density at radius 2 is 2.13 bits per heavy atom. The standard InChI is InChI=1S/C12H24N2O/c1-3-6-10(13)12(15)14-11-8-5-4-7-9(11)2/h9-11H,3-8,13H2,1-2H3,(H,14,15)/t9-,10+,11-/m0/s1. The van der Waals surface area contributed by atoms with Crippen molar-refractivity contribution in [3.8, 4) is 0 Å². The van der Waals surface area contributed by atoms with Gasteiger partial charge in [0.05, 0.1) is 6.04 Å². The van der Waals surface area contributed by atoms with Crippen LogP contribution in [0.3, 0.4) is 0 Å². The van der Waals surface area contributed by atoms with Crippen LogP contribution in [0.15, 0.2) is 0 Å². The van der Waals surface area contributed by atoms with Crippen LogP contribution in [0, 0.1) is 5.92 Å². The molecule has 15 heavy (non-hydrogen) atoms. The average molecular weight is 212 g/mol. The molecule has 1 fully saturated rings. The van der Waals surface area contributed by atoms with E-state index in [0.717, 1.165) is 19.3 Å². The first-order valence-corrected chi connectivity index (χ1v) is 6.21. The Balaban J connectivity index is 2.35. The number of amides is 1. The van der Waals surface area contributed by atoms with Crippen molar-refractivity contribution in [2.24, 2.45) is 11.7 Å². The van der Waals surface area contributed by atoms with Crippen LogP contribution in [0.25, 0.3) is 0 Å². The van der Waals surface area contributed by atoms with Gasteiger partial charge in [-0.2, -0.15) is 0 Å². The molecule has 1 rings (SSSR count). The van der Waals surface area contributed by atoms with Crippen molar-refractivity contribution in [3.63, 3.8) is 0 Å². The molecule has 1 aliphatic carbocycles. The van der Waals surface area contributed by atoms with E-state index in [0.29, 0.717) is 12.0 Å². The van der Waals surface area contributed by atoms with E-state index in [2.05, 4.69) is 19.2 Å². The van der Waals surface area contributed by atoms with Crippen LogP contribution in [0.5, 0.6) is 0 Å². The molecule has 3 N–H and O–H groups in total. The van der Waals surface area contributed by atoms with Gasteiger partial charge in [0, 0.05) is 6.04 Å². The summed E-state index contributed by atoms with van der Waals surface area (Å²) in [6.07, 6.45) is 6.63. The third-order valence-corrected chi connectivity index (χ3v) is 3.38. The third kappa shape index (κ3) is 3.82. The average Bonchev–Trinajstić information content (AvgIpc) is 2.21. The summed E-state index contributed by atoms with van der Waals surface area (Å²) in [7, 11) is 0. The van der Waals surface area contributed by atoms with E-state index in [1.54, 1.807) is 0 Å². The zero-order valence-electron chi connectivity index (χ0n) is 9.96. The van der Waals surface area contributed by atoms with Gasteiger partial charge in [-0.15, -0.1) is 0 Å². The second-order valence-electron chi connectivity index (χ2n) is 4.77. The van der Waals surface area contributed by atoms with Gasteiger partial charge in [0.2, 0.25) is 5.91 Å². The number of rotatable bonds is 4. The van der Waals surface area contributed by atoms with E-state index in [-0.39, 0.29) is 11.9 Å². The molecule has 0 aliphatic heterocycles. The lowest BCUT2D eigenvalue weighted by molar-refractivity contribution is -0.123. The summed E-state index contributed by atoms with van der Waals surface area (Å²) in [5, 5.41) is 3.09. The zero-order chi connectivity index (χ0) is 11.3. The summed E-state index contributed by atoms with van der Waals surface area (Å²) in [6.45, 7) is 4.27. The minimum absolute atomic E-state index is 0.0376. The Morgan fingerprint density at radius 1 is 1.47 bits per heavy atom. The zero-order valence-corrected chi connectivity index (χ0v) is 9.96. The van der Waals surface area contributed by atoms with E-state index >= 15 is 0 Å². The number of hydrogen-bond donors (Lipinski definition) is 2. The molecule has 0 aromatic rings. The van der Waals surface area contributed by atoms with Gasteiger partial charge in [-0.3, -0.25) is 4.79 Å². The highest BCUT2D eigenvalue weighted by Crippen LogP contribution is 2.23. The fourth-order valence-corrected chi connectivity index (χ4v) is 2.26. The summed E-state index contributed by atoms with van der Waals surface area (Å²) in [6, 6.07) is 0.0401. The van der Waals surface area contributed by atoms with Crippen LogP contribution in [-0.2, 0) is 4.79 Å². The summed E-state index contributed by atoms with van der Waals surface area (Å²) in [5.74, 6) is 0.645. The third-order valence-electron chi connectivity index (χ3n) is 3.38. The van der Waals surface area contributed by atoms with Gasteiger partial charge in [0.1, 0.15) is 0 Å². The Kier molecular flexibility index (Phi) is 5.09. The van der Waals surface area contributed by atoms with Gasteiger partial charge in [0.15, 0.2) is 0 Å². The van der Waals surface area contributed by atoms with Crippen LogP contribution in [0.4, 0.5) is 0 Å². The maximum absolute atomic E-state index is 11.7. The highest BCUT2D eigenvalue weighted by atomic mass is 16.2. The van der Waals surface area contributed by atoms with Crippen LogP contribution >= 0.6 is 0 Å². The Bertz CT molecular complexity index is 206. The number of nitrogens with two attached hydrogens (primary N) is 1. The fraction of sp³-hybridized carbons (Fsp3) is 0.917. The number of nitrogens with one attached hydrogen (secondary N) is 1. The molecule has 88 valence electrons. The number of carbonyl (C=O) groups is 1. The maximum atomic E-state index is 11.7. The van der Waals surface area contributed by atoms with E-state index in [4.69, 9.17) is 5.73 Å². The summed E-state index contributed by atoms with van der Waals surface area (Å²) >= 11 is 0. The molecule has 0 bridgehead atoms. The highest BCUT2D eigenvalue weighted by molar-refractivity contribution is 5.81. The lowest BCUT2D eigenvalue weighted by atomic mass is 9.86. The number of carbonyl (C=O) groups excluding carboxylic acids is 1. The molecular formula is C12H24N2O. The minimum atomic E-state index is -0.316.